The Morgan fingerprint density at radius 3 is 2.30 bits per heavy atom. The molecular formula is C20H25ClN2. The molecule has 1 saturated heterocycles. The summed E-state index contributed by atoms with van der Waals surface area (Å²) in [5.41, 5.74) is 2.72. The molecule has 3 heteroatoms. The van der Waals surface area contributed by atoms with Gasteiger partial charge in [0, 0.05) is 18.1 Å². The van der Waals surface area contributed by atoms with Crippen LogP contribution in [-0.4, -0.2) is 24.5 Å². The van der Waals surface area contributed by atoms with Crippen molar-refractivity contribution in [3.63, 3.8) is 0 Å². The number of piperidine rings is 1. The van der Waals surface area contributed by atoms with Gasteiger partial charge in [-0.1, -0.05) is 54.1 Å². The molecule has 2 aromatic carbocycles. The highest BCUT2D eigenvalue weighted by atomic mass is 35.5. The van der Waals surface area contributed by atoms with Crippen LogP contribution in [0.4, 0.5) is 0 Å². The first-order valence-electron chi connectivity index (χ1n) is 8.51. The summed E-state index contributed by atoms with van der Waals surface area (Å²) in [7, 11) is 0. The van der Waals surface area contributed by atoms with E-state index in [4.69, 9.17) is 11.6 Å². The van der Waals surface area contributed by atoms with Gasteiger partial charge in [0.25, 0.3) is 0 Å². The predicted octanol–water partition coefficient (Wildman–Crippen LogP) is 4.34. The van der Waals surface area contributed by atoms with Crippen LogP contribution >= 0.6 is 11.6 Å². The number of likely N-dealkylation sites (tertiary alicyclic amines) is 1. The van der Waals surface area contributed by atoms with Crippen LogP contribution in [0.2, 0.25) is 5.02 Å². The molecule has 0 aromatic heterocycles. The van der Waals surface area contributed by atoms with Crippen molar-refractivity contribution in [2.75, 3.05) is 19.6 Å². The molecule has 0 amide bonds. The number of hydrogen-bond donors (Lipinski definition) is 1. The number of halogens is 1. The van der Waals surface area contributed by atoms with Crippen molar-refractivity contribution in [3.05, 3.63) is 70.7 Å². The third-order valence-corrected chi connectivity index (χ3v) is 4.88. The van der Waals surface area contributed by atoms with Crippen LogP contribution in [0.3, 0.4) is 0 Å². The summed E-state index contributed by atoms with van der Waals surface area (Å²) in [5.74, 6) is 0.800. The number of nitrogens with one attached hydrogen (secondary N) is 1. The molecule has 0 saturated carbocycles. The van der Waals surface area contributed by atoms with E-state index in [0.717, 1.165) is 30.6 Å². The lowest BCUT2D eigenvalue weighted by molar-refractivity contribution is 0.175. The van der Waals surface area contributed by atoms with E-state index >= 15 is 0 Å². The fourth-order valence-electron chi connectivity index (χ4n) is 3.21. The van der Waals surface area contributed by atoms with Crippen molar-refractivity contribution in [2.24, 2.45) is 5.92 Å². The first kappa shape index (κ1) is 16.5. The zero-order valence-corrected chi connectivity index (χ0v) is 14.3. The van der Waals surface area contributed by atoms with Crippen LogP contribution in [0, 0.1) is 5.92 Å². The first-order valence-corrected chi connectivity index (χ1v) is 8.89. The average Bonchev–Trinajstić information content (AvgIpc) is 2.59. The minimum Gasteiger partial charge on any atom is -0.312 e. The molecule has 23 heavy (non-hydrogen) atoms. The Balaban J connectivity index is 1.35. The minimum absolute atomic E-state index is 0.800. The smallest absolute Gasteiger partial charge is 0.0406 e. The second-order valence-corrected chi connectivity index (χ2v) is 6.90. The number of benzene rings is 2. The Hall–Kier alpha value is -1.35. The molecule has 1 fully saturated rings. The summed E-state index contributed by atoms with van der Waals surface area (Å²) in [5, 5.41) is 4.40. The van der Waals surface area contributed by atoms with Gasteiger partial charge in [-0.2, -0.15) is 0 Å². The lowest BCUT2D eigenvalue weighted by Gasteiger charge is -2.32. The van der Waals surface area contributed by atoms with Crippen molar-refractivity contribution < 1.29 is 0 Å². The highest BCUT2D eigenvalue weighted by Gasteiger charge is 2.18. The Morgan fingerprint density at radius 1 is 0.913 bits per heavy atom. The van der Waals surface area contributed by atoms with Crippen molar-refractivity contribution in [3.8, 4) is 0 Å². The van der Waals surface area contributed by atoms with Crippen LogP contribution in [0.1, 0.15) is 24.0 Å². The molecule has 0 spiro atoms. The Kier molecular flexibility index (Phi) is 6.09. The van der Waals surface area contributed by atoms with E-state index in [9.17, 15) is 0 Å². The monoisotopic (exact) mass is 328 g/mol. The Labute approximate surface area is 144 Å². The van der Waals surface area contributed by atoms with Crippen LogP contribution in [0.25, 0.3) is 0 Å². The van der Waals surface area contributed by atoms with Crippen molar-refractivity contribution in [2.45, 2.75) is 25.9 Å². The largest absolute Gasteiger partial charge is 0.312 e. The van der Waals surface area contributed by atoms with Gasteiger partial charge in [0.15, 0.2) is 0 Å². The quantitative estimate of drug-likeness (QED) is 0.848. The first-order chi connectivity index (χ1) is 11.3. The molecule has 0 bridgehead atoms. The maximum atomic E-state index is 5.91. The second kappa shape index (κ2) is 8.49. The SMILES string of the molecule is Clc1ccc(CNCC2CCN(Cc3ccccc3)CC2)cc1. The molecule has 0 atom stereocenters. The molecule has 1 aliphatic heterocycles. The third kappa shape index (κ3) is 5.35. The van der Waals surface area contributed by atoms with Crippen LogP contribution in [0.5, 0.6) is 0 Å². The van der Waals surface area contributed by atoms with E-state index in [-0.39, 0.29) is 0 Å². The fraction of sp³-hybridized carbons (Fsp3) is 0.400. The summed E-state index contributed by atoms with van der Waals surface area (Å²) in [6, 6.07) is 18.9. The Bertz CT molecular complexity index is 574. The highest BCUT2D eigenvalue weighted by Crippen LogP contribution is 2.18. The van der Waals surface area contributed by atoms with E-state index in [1.54, 1.807) is 0 Å². The second-order valence-electron chi connectivity index (χ2n) is 6.46. The Morgan fingerprint density at radius 2 is 1.61 bits per heavy atom. The molecule has 1 N–H and O–H groups in total. The molecule has 3 rings (SSSR count). The molecule has 2 aromatic rings. The van der Waals surface area contributed by atoms with Crippen LogP contribution in [-0.2, 0) is 13.1 Å². The van der Waals surface area contributed by atoms with Gasteiger partial charge in [-0.3, -0.25) is 4.90 Å². The topological polar surface area (TPSA) is 15.3 Å². The zero-order chi connectivity index (χ0) is 15.9. The molecule has 1 heterocycles. The van der Waals surface area contributed by atoms with Gasteiger partial charge in [-0.15, -0.1) is 0 Å². The third-order valence-electron chi connectivity index (χ3n) is 4.63. The molecule has 0 aliphatic carbocycles. The van der Waals surface area contributed by atoms with E-state index < -0.39 is 0 Å². The van der Waals surface area contributed by atoms with Gasteiger partial charge in [-0.05, 0) is 61.7 Å². The van der Waals surface area contributed by atoms with Gasteiger partial charge in [0.05, 0.1) is 0 Å². The van der Waals surface area contributed by atoms with Crippen molar-refractivity contribution in [1.29, 1.82) is 0 Å². The zero-order valence-electron chi connectivity index (χ0n) is 13.5. The number of nitrogens with zero attached hydrogens (tertiary/aromatic N) is 1. The van der Waals surface area contributed by atoms with E-state index in [1.807, 2.05) is 12.1 Å². The highest BCUT2D eigenvalue weighted by molar-refractivity contribution is 6.30. The summed E-state index contributed by atoms with van der Waals surface area (Å²) in [6.07, 6.45) is 2.58. The molecule has 0 radical (unpaired) electrons. The normalized spacial score (nSPS) is 16.6. The number of hydrogen-bond acceptors (Lipinski definition) is 2. The van der Waals surface area contributed by atoms with Gasteiger partial charge >= 0.3 is 0 Å². The minimum atomic E-state index is 0.800. The van der Waals surface area contributed by atoms with E-state index in [2.05, 4.69) is 52.7 Å². The summed E-state index contributed by atoms with van der Waals surface area (Å²) < 4.78 is 0. The van der Waals surface area contributed by atoms with Crippen LogP contribution < -0.4 is 5.32 Å². The molecular weight excluding hydrogens is 304 g/mol. The molecule has 1 aliphatic rings. The van der Waals surface area contributed by atoms with Gasteiger partial charge in [0.1, 0.15) is 0 Å². The summed E-state index contributed by atoms with van der Waals surface area (Å²) >= 11 is 5.91. The van der Waals surface area contributed by atoms with Gasteiger partial charge < -0.3 is 5.32 Å². The molecule has 2 nitrogen and oxygen atoms in total. The lowest BCUT2D eigenvalue weighted by atomic mass is 9.96. The summed E-state index contributed by atoms with van der Waals surface area (Å²) in [4.78, 5) is 2.57. The predicted molar refractivity (Wildman–Crippen MR) is 97.6 cm³/mol. The van der Waals surface area contributed by atoms with Gasteiger partial charge in [0.2, 0.25) is 0 Å². The van der Waals surface area contributed by atoms with Crippen LogP contribution in [0.15, 0.2) is 54.6 Å². The lowest BCUT2D eigenvalue weighted by Crippen LogP contribution is -2.36. The molecule has 0 unspecified atom stereocenters. The van der Waals surface area contributed by atoms with Gasteiger partial charge in [-0.25, -0.2) is 0 Å². The van der Waals surface area contributed by atoms with Crippen molar-refractivity contribution >= 4 is 11.6 Å². The fourth-order valence-corrected chi connectivity index (χ4v) is 3.34. The maximum Gasteiger partial charge on any atom is 0.0406 e. The van der Waals surface area contributed by atoms with E-state index in [1.165, 1.54) is 37.1 Å². The standard InChI is InChI=1S/C20H25ClN2/c21-20-8-6-17(7-9-20)14-22-15-18-10-12-23(13-11-18)16-19-4-2-1-3-5-19/h1-9,18,22H,10-16H2. The maximum absolute atomic E-state index is 5.91. The number of rotatable bonds is 6. The van der Waals surface area contributed by atoms with E-state index in [0.29, 0.717) is 0 Å². The molecule has 122 valence electrons. The summed E-state index contributed by atoms with van der Waals surface area (Å²) in [6.45, 7) is 5.55. The van der Waals surface area contributed by atoms with Crippen molar-refractivity contribution in [1.82, 2.24) is 10.2 Å². The average molecular weight is 329 g/mol.